The van der Waals surface area contributed by atoms with E-state index in [1.165, 1.54) is 23.3 Å². The minimum absolute atomic E-state index is 0.290. The zero-order valence-corrected chi connectivity index (χ0v) is 11.1. The van der Waals surface area contributed by atoms with E-state index in [9.17, 15) is 4.79 Å². The van der Waals surface area contributed by atoms with Gasteiger partial charge in [0.25, 0.3) is 5.91 Å². The van der Waals surface area contributed by atoms with Crippen molar-refractivity contribution in [3.05, 3.63) is 29.2 Å². The Hall–Kier alpha value is -2.15. The van der Waals surface area contributed by atoms with E-state index >= 15 is 0 Å². The molecule has 2 heterocycles. The van der Waals surface area contributed by atoms with E-state index < -0.39 is 5.91 Å². The monoisotopic (exact) mass is 280 g/mol. The molecular weight excluding hydrogens is 268 g/mol. The number of nitrogens with one attached hydrogen (secondary N) is 1. The Labute approximate surface area is 114 Å². The fourth-order valence-corrected chi connectivity index (χ4v) is 1.58. The Morgan fingerprint density at radius 3 is 2.95 bits per heavy atom. The molecule has 0 aliphatic heterocycles. The maximum absolute atomic E-state index is 11.0. The van der Waals surface area contributed by atoms with Crippen molar-refractivity contribution >= 4 is 23.5 Å². The maximum Gasteiger partial charge on any atom is 0.251 e. The first kappa shape index (κ1) is 13.3. The number of rotatable bonds is 5. The van der Waals surface area contributed by atoms with Gasteiger partial charge >= 0.3 is 0 Å². The van der Waals surface area contributed by atoms with Crippen LogP contribution in [-0.2, 0) is 0 Å². The Bertz CT molecular complexity index is 597. The number of anilines is 1. The topological polar surface area (TPSA) is 98.7 Å². The van der Waals surface area contributed by atoms with Crippen LogP contribution in [0.25, 0.3) is 5.82 Å². The smallest absolute Gasteiger partial charge is 0.251 e. The van der Waals surface area contributed by atoms with Crippen LogP contribution in [0.4, 0.5) is 5.95 Å². The number of carbonyl (C=O) groups is 1. The lowest BCUT2D eigenvalue weighted by Gasteiger charge is -2.06. The summed E-state index contributed by atoms with van der Waals surface area (Å²) in [6, 6.07) is 0. The molecule has 8 heteroatoms. The van der Waals surface area contributed by atoms with E-state index in [0.717, 1.165) is 13.0 Å². The molecule has 0 saturated carbocycles. The van der Waals surface area contributed by atoms with Gasteiger partial charge in [0, 0.05) is 12.7 Å². The molecule has 100 valence electrons. The normalized spacial score (nSPS) is 10.4. The second-order valence-corrected chi connectivity index (χ2v) is 4.24. The maximum atomic E-state index is 11.0. The highest BCUT2D eigenvalue weighted by atomic mass is 35.5. The zero-order valence-electron chi connectivity index (χ0n) is 10.3. The molecule has 0 aliphatic rings. The van der Waals surface area contributed by atoms with Crippen molar-refractivity contribution in [2.75, 3.05) is 11.9 Å². The first-order valence-electron chi connectivity index (χ1n) is 5.73. The van der Waals surface area contributed by atoms with Crippen LogP contribution in [0, 0.1) is 0 Å². The summed E-state index contributed by atoms with van der Waals surface area (Å²) in [5.41, 5.74) is 5.46. The molecule has 1 amide bonds. The third-order valence-electron chi connectivity index (χ3n) is 2.34. The lowest BCUT2D eigenvalue weighted by atomic mass is 10.3. The van der Waals surface area contributed by atoms with Crippen molar-refractivity contribution in [3.63, 3.8) is 0 Å². The average molecular weight is 281 g/mol. The van der Waals surface area contributed by atoms with Gasteiger partial charge < -0.3 is 11.1 Å². The fourth-order valence-electron chi connectivity index (χ4n) is 1.41. The summed E-state index contributed by atoms with van der Waals surface area (Å²) in [4.78, 5) is 19.3. The molecule has 0 aromatic carbocycles. The molecule has 0 atom stereocenters. The van der Waals surface area contributed by atoms with E-state index in [-0.39, 0.29) is 5.56 Å². The molecule has 2 aromatic heterocycles. The van der Waals surface area contributed by atoms with E-state index in [4.69, 9.17) is 17.3 Å². The Balaban J connectivity index is 2.33. The predicted molar refractivity (Wildman–Crippen MR) is 71.5 cm³/mol. The number of aromatic nitrogens is 4. The van der Waals surface area contributed by atoms with Crippen molar-refractivity contribution < 1.29 is 4.79 Å². The van der Waals surface area contributed by atoms with Gasteiger partial charge in [0.1, 0.15) is 5.02 Å². The van der Waals surface area contributed by atoms with Crippen LogP contribution >= 0.6 is 11.6 Å². The number of primary amides is 1. The van der Waals surface area contributed by atoms with E-state index in [1.54, 1.807) is 0 Å². The van der Waals surface area contributed by atoms with Crippen LogP contribution in [0.2, 0.25) is 5.02 Å². The molecule has 0 fully saturated rings. The molecule has 7 nitrogen and oxygen atoms in total. The molecule has 0 unspecified atom stereocenters. The summed E-state index contributed by atoms with van der Waals surface area (Å²) in [5.74, 6) is 0.293. The minimum atomic E-state index is -0.555. The third kappa shape index (κ3) is 3.00. The van der Waals surface area contributed by atoms with Crippen molar-refractivity contribution in [2.24, 2.45) is 5.73 Å². The fraction of sp³-hybridized carbons (Fsp3) is 0.273. The van der Waals surface area contributed by atoms with Gasteiger partial charge in [-0.1, -0.05) is 18.5 Å². The van der Waals surface area contributed by atoms with Crippen molar-refractivity contribution in [2.45, 2.75) is 13.3 Å². The lowest BCUT2D eigenvalue weighted by molar-refractivity contribution is 0.100. The molecule has 0 saturated heterocycles. The van der Waals surface area contributed by atoms with Crippen molar-refractivity contribution in [1.82, 2.24) is 19.7 Å². The van der Waals surface area contributed by atoms with Crippen LogP contribution in [0.1, 0.15) is 23.7 Å². The molecule has 0 bridgehead atoms. The SMILES string of the molecule is CCCNc1ncc(Cl)c(-n2cc(C(N)=O)cn2)n1. The summed E-state index contributed by atoms with van der Waals surface area (Å²) in [5, 5.41) is 7.39. The van der Waals surface area contributed by atoms with Gasteiger partial charge in [-0.2, -0.15) is 10.1 Å². The van der Waals surface area contributed by atoms with E-state index in [0.29, 0.717) is 16.8 Å². The third-order valence-corrected chi connectivity index (χ3v) is 2.61. The summed E-state index contributed by atoms with van der Waals surface area (Å²) in [7, 11) is 0. The number of hydrogen-bond donors (Lipinski definition) is 2. The highest BCUT2D eigenvalue weighted by Gasteiger charge is 2.11. The summed E-state index contributed by atoms with van der Waals surface area (Å²) in [6.07, 6.45) is 5.27. The van der Waals surface area contributed by atoms with Gasteiger partial charge in [0.2, 0.25) is 5.95 Å². The van der Waals surface area contributed by atoms with Crippen LogP contribution in [-0.4, -0.2) is 32.2 Å². The number of halogens is 1. The molecule has 19 heavy (non-hydrogen) atoms. The second kappa shape index (κ2) is 5.66. The highest BCUT2D eigenvalue weighted by molar-refractivity contribution is 6.32. The van der Waals surface area contributed by atoms with Crippen LogP contribution in [0.5, 0.6) is 0 Å². The molecule has 0 radical (unpaired) electrons. The number of carbonyl (C=O) groups excluding carboxylic acids is 1. The van der Waals surface area contributed by atoms with E-state index in [2.05, 4.69) is 20.4 Å². The predicted octanol–water partition coefficient (Wildman–Crippen LogP) is 1.24. The van der Waals surface area contributed by atoms with Gasteiger partial charge in [0.05, 0.1) is 18.0 Å². The molecular formula is C11H13ClN6O. The van der Waals surface area contributed by atoms with Gasteiger partial charge in [0.15, 0.2) is 5.82 Å². The Morgan fingerprint density at radius 2 is 2.32 bits per heavy atom. The van der Waals surface area contributed by atoms with Gasteiger partial charge in [-0.05, 0) is 6.42 Å². The first-order chi connectivity index (χ1) is 9.11. The van der Waals surface area contributed by atoms with Crippen LogP contribution in [0.15, 0.2) is 18.6 Å². The lowest BCUT2D eigenvalue weighted by Crippen LogP contribution is -2.10. The van der Waals surface area contributed by atoms with Crippen molar-refractivity contribution in [3.8, 4) is 5.82 Å². The number of amides is 1. The zero-order chi connectivity index (χ0) is 13.8. The van der Waals surface area contributed by atoms with Crippen molar-refractivity contribution in [1.29, 1.82) is 0 Å². The number of nitrogens with zero attached hydrogens (tertiary/aromatic N) is 4. The molecule has 3 N–H and O–H groups in total. The number of hydrogen-bond acceptors (Lipinski definition) is 5. The summed E-state index contributed by atoms with van der Waals surface area (Å²) in [6.45, 7) is 2.79. The van der Waals surface area contributed by atoms with E-state index in [1.807, 2.05) is 6.92 Å². The van der Waals surface area contributed by atoms with Gasteiger partial charge in [-0.25, -0.2) is 9.67 Å². The standard InChI is InChI=1S/C11H13ClN6O/c1-2-3-14-11-15-5-8(12)10(17-11)18-6-7(4-16-18)9(13)19/h4-6H,2-3H2,1H3,(H2,13,19)(H,14,15,17). The van der Waals surface area contributed by atoms with Gasteiger partial charge in [-0.15, -0.1) is 0 Å². The Kier molecular flexibility index (Phi) is 3.96. The molecule has 0 spiro atoms. The molecule has 2 aromatic rings. The highest BCUT2D eigenvalue weighted by Crippen LogP contribution is 2.18. The Morgan fingerprint density at radius 1 is 1.53 bits per heavy atom. The largest absolute Gasteiger partial charge is 0.366 e. The van der Waals surface area contributed by atoms with Gasteiger partial charge in [-0.3, -0.25) is 4.79 Å². The minimum Gasteiger partial charge on any atom is -0.366 e. The molecule has 2 rings (SSSR count). The van der Waals surface area contributed by atoms with Crippen LogP contribution in [0.3, 0.4) is 0 Å². The average Bonchev–Trinajstić information content (AvgIpc) is 2.87. The summed E-state index contributed by atoms with van der Waals surface area (Å²) < 4.78 is 1.39. The number of nitrogens with two attached hydrogens (primary N) is 1. The van der Waals surface area contributed by atoms with Crippen LogP contribution < -0.4 is 11.1 Å². The second-order valence-electron chi connectivity index (χ2n) is 3.83. The summed E-state index contributed by atoms with van der Waals surface area (Å²) >= 11 is 6.02. The quantitative estimate of drug-likeness (QED) is 0.858. The first-order valence-corrected chi connectivity index (χ1v) is 6.11. The molecule has 0 aliphatic carbocycles.